The Labute approximate surface area is 85.7 Å². The second-order valence-electron chi connectivity index (χ2n) is 3.26. The van der Waals surface area contributed by atoms with Crippen LogP contribution < -0.4 is 0 Å². The second kappa shape index (κ2) is 3.61. The first-order chi connectivity index (χ1) is 7.15. The maximum atomic E-state index is 10.4. The van der Waals surface area contributed by atoms with Crippen molar-refractivity contribution in [2.75, 3.05) is 0 Å². The third-order valence-corrected chi connectivity index (χ3v) is 1.97. The van der Waals surface area contributed by atoms with Gasteiger partial charge in [0.1, 0.15) is 11.5 Å². The van der Waals surface area contributed by atoms with Crippen molar-refractivity contribution in [2.45, 2.75) is 13.3 Å². The van der Waals surface area contributed by atoms with E-state index in [1.54, 1.807) is 12.1 Å². The highest BCUT2D eigenvalue weighted by molar-refractivity contribution is 5.70. The zero-order valence-electron chi connectivity index (χ0n) is 8.15. The maximum absolute atomic E-state index is 10.4. The molecule has 2 N–H and O–H groups in total. The molecule has 5 nitrogen and oxygen atoms in total. The van der Waals surface area contributed by atoms with E-state index in [2.05, 4.69) is 10.2 Å². The summed E-state index contributed by atoms with van der Waals surface area (Å²) in [6.07, 6.45) is -0.0628. The number of nitrogens with zero attached hydrogens (tertiary/aromatic N) is 1. The fourth-order valence-electron chi connectivity index (χ4n) is 1.31. The maximum Gasteiger partial charge on any atom is 0.309 e. The highest BCUT2D eigenvalue weighted by Crippen LogP contribution is 2.20. The van der Waals surface area contributed by atoms with Crippen LogP contribution in [0.3, 0.4) is 0 Å². The van der Waals surface area contributed by atoms with Gasteiger partial charge in [-0.15, -0.1) is 0 Å². The summed E-state index contributed by atoms with van der Waals surface area (Å²) in [6.45, 7) is 1.84. The minimum atomic E-state index is -0.888. The van der Waals surface area contributed by atoms with Gasteiger partial charge in [0.25, 0.3) is 0 Å². The highest BCUT2D eigenvalue weighted by atomic mass is 16.4. The zero-order valence-corrected chi connectivity index (χ0v) is 8.15. The van der Waals surface area contributed by atoms with Crippen LogP contribution in [0.25, 0.3) is 11.5 Å². The molecule has 0 radical (unpaired) electrons. The van der Waals surface area contributed by atoms with Gasteiger partial charge in [-0.2, -0.15) is 5.10 Å². The standard InChI is InChI=1S/C10H10N2O3/c1-6-2-3-9(15-6)8-4-7(11-12-8)5-10(13)14/h2-4H,5H2,1H3,(H,11,12)(H,13,14). The number of carbonyl (C=O) groups is 1. The molecule has 0 atom stereocenters. The molecule has 0 aliphatic heterocycles. The van der Waals surface area contributed by atoms with Crippen LogP contribution >= 0.6 is 0 Å². The fraction of sp³-hybridized carbons (Fsp3) is 0.200. The molecule has 0 spiro atoms. The summed E-state index contributed by atoms with van der Waals surface area (Å²) in [4.78, 5) is 10.4. The Balaban J connectivity index is 2.23. The predicted molar refractivity (Wildman–Crippen MR) is 52.4 cm³/mol. The molecule has 0 bridgehead atoms. The molecule has 2 rings (SSSR count). The van der Waals surface area contributed by atoms with Crippen molar-refractivity contribution in [3.8, 4) is 11.5 Å². The van der Waals surface area contributed by atoms with E-state index in [9.17, 15) is 4.79 Å². The molecule has 2 heterocycles. The number of carboxylic acid groups (broad SMARTS) is 1. The Morgan fingerprint density at radius 1 is 1.60 bits per heavy atom. The molecule has 78 valence electrons. The summed E-state index contributed by atoms with van der Waals surface area (Å²) in [5, 5.41) is 15.2. The predicted octanol–water partition coefficient (Wildman–Crippen LogP) is 1.61. The number of aliphatic carboxylic acids is 1. The number of nitrogens with one attached hydrogen (secondary N) is 1. The van der Waals surface area contributed by atoms with E-state index in [4.69, 9.17) is 9.52 Å². The summed E-state index contributed by atoms with van der Waals surface area (Å²) in [5.74, 6) is 0.550. The monoisotopic (exact) mass is 206 g/mol. The first-order valence-electron chi connectivity index (χ1n) is 4.48. The van der Waals surface area contributed by atoms with Crippen LogP contribution in [0, 0.1) is 6.92 Å². The Hall–Kier alpha value is -2.04. The van der Waals surface area contributed by atoms with Crippen LogP contribution in [0.15, 0.2) is 22.6 Å². The average molecular weight is 206 g/mol. The van der Waals surface area contributed by atoms with Gasteiger partial charge >= 0.3 is 5.97 Å². The van der Waals surface area contributed by atoms with E-state index in [0.717, 1.165) is 5.76 Å². The van der Waals surface area contributed by atoms with Gasteiger partial charge in [0.05, 0.1) is 6.42 Å². The number of furan rings is 1. The van der Waals surface area contributed by atoms with Crippen LogP contribution in [-0.2, 0) is 11.2 Å². The lowest BCUT2D eigenvalue weighted by atomic mass is 10.2. The van der Waals surface area contributed by atoms with E-state index in [1.165, 1.54) is 0 Å². The Morgan fingerprint density at radius 3 is 3.00 bits per heavy atom. The van der Waals surface area contributed by atoms with E-state index in [0.29, 0.717) is 17.1 Å². The molecule has 0 fully saturated rings. The Morgan fingerprint density at radius 2 is 2.40 bits per heavy atom. The van der Waals surface area contributed by atoms with Gasteiger partial charge in [0.2, 0.25) is 0 Å². The number of carboxylic acids is 1. The van der Waals surface area contributed by atoms with E-state index in [1.807, 2.05) is 13.0 Å². The largest absolute Gasteiger partial charge is 0.481 e. The molecule has 0 saturated carbocycles. The van der Waals surface area contributed by atoms with Crippen LogP contribution in [0.4, 0.5) is 0 Å². The van der Waals surface area contributed by atoms with Crippen LogP contribution in [-0.4, -0.2) is 21.3 Å². The fourth-order valence-corrected chi connectivity index (χ4v) is 1.31. The van der Waals surface area contributed by atoms with Crippen molar-refractivity contribution in [1.29, 1.82) is 0 Å². The lowest BCUT2D eigenvalue weighted by Gasteiger charge is -1.87. The molecule has 2 aromatic heterocycles. The van der Waals surface area contributed by atoms with Crippen LogP contribution in [0.2, 0.25) is 0 Å². The number of aryl methyl sites for hydroxylation is 1. The quantitative estimate of drug-likeness (QED) is 0.799. The SMILES string of the molecule is Cc1ccc(-c2cc(CC(=O)O)[nH]n2)o1. The molecule has 2 aromatic rings. The summed E-state index contributed by atoms with van der Waals surface area (Å²) < 4.78 is 5.36. The van der Waals surface area contributed by atoms with Gasteiger partial charge in [-0.1, -0.05) is 0 Å². The number of hydrogen-bond donors (Lipinski definition) is 2. The molecular weight excluding hydrogens is 196 g/mol. The van der Waals surface area contributed by atoms with Gasteiger partial charge in [-0.3, -0.25) is 9.89 Å². The van der Waals surface area contributed by atoms with Gasteiger partial charge < -0.3 is 9.52 Å². The Bertz CT molecular complexity index is 484. The molecule has 0 amide bonds. The lowest BCUT2D eigenvalue weighted by molar-refractivity contribution is -0.136. The second-order valence-corrected chi connectivity index (χ2v) is 3.26. The van der Waals surface area contributed by atoms with E-state index in [-0.39, 0.29) is 6.42 Å². The number of aromatic amines is 1. The summed E-state index contributed by atoms with van der Waals surface area (Å²) in [7, 11) is 0. The number of rotatable bonds is 3. The van der Waals surface area contributed by atoms with Crippen molar-refractivity contribution >= 4 is 5.97 Å². The minimum Gasteiger partial charge on any atom is -0.481 e. The average Bonchev–Trinajstić information content (AvgIpc) is 2.72. The van der Waals surface area contributed by atoms with Crippen molar-refractivity contribution < 1.29 is 14.3 Å². The summed E-state index contributed by atoms with van der Waals surface area (Å²) >= 11 is 0. The highest BCUT2D eigenvalue weighted by Gasteiger charge is 2.09. The van der Waals surface area contributed by atoms with Gasteiger partial charge in [0, 0.05) is 5.69 Å². The first-order valence-corrected chi connectivity index (χ1v) is 4.48. The van der Waals surface area contributed by atoms with Crippen molar-refractivity contribution in [1.82, 2.24) is 10.2 Å². The topological polar surface area (TPSA) is 79.1 Å². The van der Waals surface area contributed by atoms with Crippen molar-refractivity contribution in [3.63, 3.8) is 0 Å². The third-order valence-electron chi connectivity index (χ3n) is 1.97. The molecule has 0 aliphatic carbocycles. The van der Waals surface area contributed by atoms with Crippen LogP contribution in [0.1, 0.15) is 11.5 Å². The van der Waals surface area contributed by atoms with Gasteiger partial charge in [0.15, 0.2) is 5.76 Å². The van der Waals surface area contributed by atoms with E-state index >= 15 is 0 Å². The molecule has 0 aliphatic rings. The van der Waals surface area contributed by atoms with E-state index < -0.39 is 5.97 Å². The molecule has 0 saturated heterocycles. The molecule has 5 heteroatoms. The number of aromatic nitrogens is 2. The van der Waals surface area contributed by atoms with Crippen molar-refractivity contribution in [2.24, 2.45) is 0 Å². The summed E-state index contributed by atoms with van der Waals surface area (Å²) in [5.41, 5.74) is 1.19. The first kappa shape index (κ1) is 9.51. The molecule has 0 unspecified atom stereocenters. The Kier molecular flexibility index (Phi) is 2.29. The van der Waals surface area contributed by atoms with Crippen molar-refractivity contribution in [3.05, 3.63) is 29.7 Å². The molecule has 15 heavy (non-hydrogen) atoms. The molecular formula is C10H10N2O3. The minimum absolute atomic E-state index is 0.0628. The lowest BCUT2D eigenvalue weighted by Crippen LogP contribution is -1.99. The number of H-pyrrole nitrogens is 1. The smallest absolute Gasteiger partial charge is 0.309 e. The third kappa shape index (κ3) is 2.07. The van der Waals surface area contributed by atoms with Gasteiger partial charge in [-0.05, 0) is 25.1 Å². The van der Waals surface area contributed by atoms with Gasteiger partial charge in [-0.25, -0.2) is 0 Å². The molecule has 0 aromatic carbocycles. The summed E-state index contributed by atoms with van der Waals surface area (Å²) in [6, 6.07) is 5.31. The zero-order chi connectivity index (χ0) is 10.8. The normalized spacial score (nSPS) is 10.5. The number of hydrogen-bond acceptors (Lipinski definition) is 3. The van der Waals surface area contributed by atoms with Crippen LogP contribution in [0.5, 0.6) is 0 Å².